The van der Waals surface area contributed by atoms with Crippen molar-refractivity contribution in [2.45, 2.75) is 32.3 Å². The fourth-order valence-corrected chi connectivity index (χ4v) is 3.93. The van der Waals surface area contributed by atoms with E-state index in [4.69, 9.17) is 4.74 Å². The van der Waals surface area contributed by atoms with Crippen LogP contribution in [-0.4, -0.2) is 31.8 Å². The lowest BCUT2D eigenvalue weighted by Gasteiger charge is -2.18. The van der Waals surface area contributed by atoms with E-state index >= 15 is 0 Å². The number of aryl methyl sites for hydroxylation is 1. The van der Waals surface area contributed by atoms with Gasteiger partial charge in [0.2, 0.25) is 10.0 Å². The van der Waals surface area contributed by atoms with Crippen LogP contribution in [0.3, 0.4) is 0 Å². The lowest BCUT2D eigenvalue weighted by atomic mass is 10.2. The summed E-state index contributed by atoms with van der Waals surface area (Å²) >= 11 is 0. The van der Waals surface area contributed by atoms with Gasteiger partial charge in [0.05, 0.1) is 10.5 Å². The SMILES string of the molecule is CCN(CC)S(=O)(=O)c1ccc(F)c(C(=O)OCc2ccc(C)cc2)c1. The van der Waals surface area contributed by atoms with Crippen LogP contribution in [0, 0.1) is 12.7 Å². The number of nitrogens with zero attached hydrogens (tertiary/aromatic N) is 1. The Labute approximate surface area is 153 Å². The van der Waals surface area contributed by atoms with E-state index in [1.54, 1.807) is 26.0 Å². The van der Waals surface area contributed by atoms with Gasteiger partial charge < -0.3 is 4.74 Å². The molecule has 26 heavy (non-hydrogen) atoms. The highest BCUT2D eigenvalue weighted by atomic mass is 32.2. The lowest BCUT2D eigenvalue weighted by molar-refractivity contribution is 0.0467. The Morgan fingerprint density at radius 1 is 1.08 bits per heavy atom. The summed E-state index contributed by atoms with van der Waals surface area (Å²) in [6.07, 6.45) is 0. The molecule has 0 heterocycles. The molecule has 0 bridgehead atoms. The van der Waals surface area contributed by atoms with E-state index in [0.717, 1.165) is 29.3 Å². The van der Waals surface area contributed by atoms with Crippen LogP contribution in [0.1, 0.15) is 35.3 Å². The van der Waals surface area contributed by atoms with Crippen molar-refractivity contribution in [1.29, 1.82) is 0 Å². The second kappa shape index (κ2) is 8.42. The third kappa shape index (κ3) is 4.47. The number of halogens is 1. The first-order valence-electron chi connectivity index (χ1n) is 8.32. The molecule has 0 spiro atoms. The molecule has 0 amide bonds. The van der Waals surface area contributed by atoms with E-state index in [9.17, 15) is 17.6 Å². The number of hydrogen-bond donors (Lipinski definition) is 0. The zero-order chi connectivity index (χ0) is 19.3. The third-order valence-electron chi connectivity index (χ3n) is 3.99. The van der Waals surface area contributed by atoms with Crippen LogP contribution in [0.15, 0.2) is 47.4 Å². The first-order valence-corrected chi connectivity index (χ1v) is 9.76. The second-order valence-electron chi connectivity index (χ2n) is 5.79. The van der Waals surface area contributed by atoms with Gasteiger partial charge >= 0.3 is 5.97 Å². The van der Waals surface area contributed by atoms with Gasteiger partial charge in [0.15, 0.2) is 0 Å². The van der Waals surface area contributed by atoms with Gasteiger partial charge in [0.1, 0.15) is 12.4 Å². The number of rotatable bonds is 7. The molecule has 0 radical (unpaired) electrons. The van der Waals surface area contributed by atoms with E-state index in [0.29, 0.717) is 0 Å². The van der Waals surface area contributed by atoms with E-state index in [1.807, 2.05) is 19.1 Å². The Balaban J connectivity index is 2.23. The van der Waals surface area contributed by atoms with Gasteiger partial charge in [-0.2, -0.15) is 4.31 Å². The summed E-state index contributed by atoms with van der Waals surface area (Å²) in [5.74, 6) is -1.72. The smallest absolute Gasteiger partial charge is 0.341 e. The third-order valence-corrected chi connectivity index (χ3v) is 6.04. The number of ether oxygens (including phenoxy) is 1. The van der Waals surface area contributed by atoms with Crippen LogP contribution >= 0.6 is 0 Å². The van der Waals surface area contributed by atoms with Crippen molar-refractivity contribution >= 4 is 16.0 Å². The molecule has 2 aromatic carbocycles. The fraction of sp³-hybridized carbons (Fsp3) is 0.316. The molecule has 0 aliphatic carbocycles. The molecule has 7 heteroatoms. The van der Waals surface area contributed by atoms with Gasteiger partial charge in [-0.05, 0) is 30.7 Å². The molecule has 2 rings (SSSR count). The van der Waals surface area contributed by atoms with Crippen LogP contribution in [0.2, 0.25) is 0 Å². The zero-order valence-electron chi connectivity index (χ0n) is 15.0. The number of carbonyl (C=O) groups is 1. The zero-order valence-corrected chi connectivity index (χ0v) is 15.8. The summed E-state index contributed by atoms with van der Waals surface area (Å²) in [6, 6.07) is 10.5. The summed E-state index contributed by atoms with van der Waals surface area (Å²) < 4.78 is 45.5. The van der Waals surface area contributed by atoms with Crippen LogP contribution in [0.5, 0.6) is 0 Å². The summed E-state index contributed by atoms with van der Waals surface area (Å²) in [4.78, 5) is 12.1. The highest BCUT2D eigenvalue weighted by Crippen LogP contribution is 2.20. The number of esters is 1. The minimum atomic E-state index is -3.79. The molecule has 2 aromatic rings. The molecule has 0 aliphatic heterocycles. The van der Waals surface area contributed by atoms with Crippen LogP contribution < -0.4 is 0 Å². The van der Waals surface area contributed by atoms with Crippen molar-refractivity contribution in [1.82, 2.24) is 4.31 Å². The van der Waals surface area contributed by atoms with Gasteiger partial charge in [-0.15, -0.1) is 0 Å². The summed E-state index contributed by atoms with van der Waals surface area (Å²) in [7, 11) is -3.79. The van der Waals surface area contributed by atoms with Crippen molar-refractivity contribution in [3.63, 3.8) is 0 Å². The molecule has 0 aliphatic rings. The monoisotopic (exact) mass is 379 g/mol. The van der Waals surface area contributed by atoms with Crippen molar-refractivity contribution in [3.05, 3.63) is 65.0 Å². The highest BCUT2D eigenvalue weighted by Gasteiger charge is 2.24. The van der Waals surface area contributed by atoms with Gasteiger partial charge in [-0.1, -0.05) is 43.7 Å². The standard InChI is InChI=1S/C19H22FNO4S/c1-4-21(5-2)26(23,24)16-10-11-18(20)17(12-16)19(22)25-13-15-8-6-14(3)7-9-15/h6-12H,4-5,13H2,1-3H3. The Morgan fingerprint density at radius 2 is 1.69 bits per heavy atom. The summed E-state index contributed by atoms with van der Waals surface area (Å²) in [5.41, 5.74) is 1.43. The molecule has 0 aromatic heterocycles. The van der Waals surface area contributed by atoms with Gasteiger partial charge in [-0.25, -0.2) is 17.6 Å². The molecule has 0 saturated carbocycles. The normalized spacial score (nSPS) is 11.6. The molecule has 5 nitrogen and oxygen atoms in total. The van der Waals surface area contributed by atoms with Crippen molar-refractivity contribution in [2.75, 3.05) is 13.1 Å². The second-order valence-corrected chi connectivity index (χ2v) is 7.73. The maximum atomic E-state index is 14.0. The molecule has 0 atom stereocenters. The first-order chi connectivity index (χ1) is 12.3. The Kier molecular flexibility index (Phi) is 6.50. The molecule has 0 unspecified atom stereocenters. The fourth-order valence-electron chi connectivity index (χ4n) is 2.44. The molecular weight excluding hydrogens is 357 g/mol. The number of sulfonamides is 1. The van der Waals surface area contributed by atoms with Gasteiger partial charge in [0.25, 0.3) is 0 Å². The van der Waals surface area contributed by atoms with Crippen molar-refractivity contribution in [2.24, 2.45) is 0 Å². The Bertz CT molecular complexity index is 875. The van der Waals surface area contributed by atoms with Crippen LogP contribution in [0.25, 0.3) is 0 Å². The number of benzene rings is 2. The minimum absolute atomic E-state index is 0.0222. The average Bonchev–Trinajstić information content (AvgIpc) is 2.62. The van der Waals surface area contributed by atoms with Gasteiger partial charge in [0, 0.05) is 13.1 Å². The van der Waals surface area contributed by atoms with E-state index < -0.39 is 27.4 Å². The molecule has 0 N–H and O–H groups in total. The summed E-state index contributed by atoms with van der Waals surface area (Å²) in [5, 5.41) is 0. The topological polar surface area (TPSA) is 63.7 Å². The van der Waals surface area contributed by atoms with Gasteiger partial charge in [-0.3, -0.25) is 0 Å². The van der Waals surface area contributed by atoms with Crippen molar-refractivity contribution < 1.29 is 22.3 Å². The first kappa shape index (κ1) is 20.1. The Hall–Kier alpha value is -2.25. The van der Waals surface area contributed by atoms with Crippen LogP contribution in [-0.2, 0) is 21.4 Å². The van der Waals surface area contributed by atoms with Crippen molar-refractivity contribution in [3.8, 4) is 0 Å². The molecule has 0 fully saturated rings. The lowest BCUT2D eigenvalue weighted by Crippen LogP contribution is -2.30. The average molecular weight is 379 g/mol. The highest BCUT2D eigenvalue weighted by molar-refractivity contribution is 7.89. The number of carbonyl (C=O) groups excluding carboxylic acids is 1. The van der Waals surface area contributed by atoms with E-state index in [-0.39, 0.29) is 24.6 Å². The quantitative estimate of drug-likeness (QED) is 0.691. The maximum Gasteiger partial charge on any atom is 0.341 e. The maximum absolute atomic E-state index is 14.0. The largest absolute Gasteiger partial charge is 0.457 e. The van der Waals surface area contributed by atoms with E-state index in [2.05, 4.69) is 0 Å². The molecular formula is C19H22FNO4S. The van der Waals surface area contributed by atoms with Crippen LogP contribution in [0.4, 0.5) is 4.39 Å². The predicted octanol–water partition coefficient (Wildman–Crippen LogP) is 3.52. The number of hydrogen-bond acceptors (Lipinski definition) is 4. The minimum Gasteiger partial charge on any atom is -0.457 e. The Morgan fingerprint density at radius 3 is 2.27 bits per heavy atom. The van der Waals surface area contributed by atoms with E-state index in [1.165, 1.54) is 4.31 Å². The predicted molar refractivity (Wildman–Crippen MR) is 96.8 cm³/mol. The summed E-state index contributed by atoms with van der Waals surface area (Å²) in [6.45, 7) is 5.90. The molecule has 0 saturated heterocycles. The molecule has 140 valence electrons.